The Morgan fingerprint density at radius 3 is 2.90 bits per heavy atom. The predicted molar refractivity (Wildman–Crippen MR) is 78.0 cm³/mol. The molecule has 1 aliphatic rings. The Kier molecular flexibility index (Phi) is 6.59. The number of H-pyrrole nitrogens is 1. The summed E-state index contributed by atoms with van der Waals surface area (Å²) in [7, 11) is -3.76. The molecule has 0 saturated carbocycles. The Labute approximate surface area is 129 Å². The van der Waals surface area contributed by atoms with Crippen molar-refractivity contribution in [3.8, 4) is 0 Å². The number of carbonyl (C=O) groups is 1. The standard InChI is InChI=1S/C11H18N4O4S.ClH/c1-2-19-11(16)9-8-13-14-10(9)20(17,18)15-6-3-4-12-5-7-15;/h8,12H,2-7H2,1H3,(H,13,14);1H. The maximum Gasteiger partial charge on any atom is 0.342 e. The van der Waals surface area contributed by atoms with Crippen LogP contribution in [0.1, 0.15) is 23.7 Å². The van der Waals surface area contributed by atoms with Crippen molar-refractivity contribution >= 4 is 28.4 Å². The Morgan fingerprint density at radius 2 is 2.19 bits per heavy atom. The smallest absolute Gasteiger partial charge is 0.342 e. The van der Waals surface area contributed by atoms with Gasteiger partial charge in [-0.15, -0.1) is 12.4 Å². The van der Waals surface area contributed by atoms with E-state index in [1.807, 2.05) is 0 Å². The molecule has 2 heterocycles. The van der Waals surface area contributed by atoms with Crippen LogP contribution in [0.25, 0.3) is 0 Å². The number of carbonyl (C=O) groups excluding carboxylic acids is 1. The van der Waals surface area contributed by atoms with Crippen molar-refractivity contribution in [1.29, 1.82) is 0 Å². The summed E-state index contributed by atoms with van der Waals surface area (Å²) in [6.07, 6.45) is 1.91. The zero-order chi connectivity index (χ0) is 14.6. The van der Waals surface area contributed by atoms with Crippen LogP contribution in [0.4, 0.5) is 0 Å². The molecule has 1 saturated heterocycles. The zero-order valence-corrected chi connectivity index (χ0v) is 13.3. The van der Waals surface area contributed by atoms with Crippen LogP contribution in [-0.2, 0) is 14.8 Å². The van der Waals surface area contributed by atoms with Crippen LogP contribution in [0.2, 0.25) is 0 Å². The second-order valence-electron chi connectivity index (χ2n) is 4.34. The lowest BCUT2D eigenvalue weighted by molar-refractivity contribution is 0.0521. The second-order valence-corrected chi connectivity index (χ2v) is 6.22. The minimum Gasteiger partial charge on any atom is -0.462 e. The van der Waals surface area contributed by atoms with E-state index < -0.39 is 16.0 Å². The summed E-state index contributed by atoms with van der Waals surface area (Å²) in [5.74, 6) is -0.687. The molecule has 0 unspecified atom stereocenters. The molecule has 1 aromatic rings. The molecule has 0 atom stereocenters. The highest BCUT2D eigenvalue weighted by Crippen LogP contribution is 2.19. The van der Waals surface area contributed by atoms with Crippen LogP contribution in [0.5, 0.6) is 0 Å². The minimum atomic E-state index is -3.76. The van der Waals surface area contributed by atoms with Gasteiger partial charge in [-0.3, -0.25) is 5.10 Å². The number of hydrogen-bond acceptors (Lipinski definition) is 6. The third-order valence-corrected chi connectivity index (χ3v) is 4.87. The van der Waals surface area contributed by atoms with Gasteiger partial charge < -0.3 is 10.1 Å². The molecule has 2 rings (SSSR count). The molecular formula is C11H19ClN4O4S. The van der Waals surface area contributed by atoms with Gasteiger partial charge in [-0.1, -0.05) is 0 Å². The van der Waals surface area contributed by atoms with Gasteiger partial charge in [0.25, 0.3) is 10.0 Å². The molecule has 1 aromatic heterocycles. The van der Waals surface area contributed by atoms with E-state index in [4.69, 9.17) is 4.74 Å². The Hall–Kier alpha value is -1.16. The van der Waals surface area contributed by atoms with Crippen LogP contribution >= 0.6 is 12.4 Å². The third kappa shape index (κ3) is 3.94. The van der Waals surface area contributed by atoms with Crippen LogP contribution in [0, 0.1) is 0 Å². The Bertz CT molecular complexity index is 567. The molecule has 0 bridgehead atoms. The largest absolute Gasteiger partial charge is 0.462 e. The maximum atomic E-state index is 12.5. The van der Waals surface area contributed by atoms with Crippen molar-refractivity contribution in [2.45, 2.75) is 18.4 Å². The van der Waals surface area contributed by atoms with Crippen molar-refractivity contribution < 1.29 is 17.9 Å². The molecule has 0 amide bonds. The predicted octanol–water partition coefficient (Wildman–Crippen LogP) is -0.00780. The van der Waals surface area contributed by atoms with E-state index in [-0.39, 0.29) is 29.6 Å². The molecule has 2 N–H and O–H groups in total. The summed E-state index contributed by atoms with van der Waals surface area (Å²) >= 11 is 0. The minimum absolute atomic E-state index is 0. The number of rotatable bonds is 4. The summed E-state index contributed by atoms with van der Waals surface area (Å²) in [5.41, 5.74) is -0.0518. The number of halogens is 1. The molecule has 0 spiro atoms. The molecule has 120 valence electrons. The number of nitrogens with one attached hydrogen (secondary N) is 2. The van der Waals surface area contributed by atoms with Crippen molar-refractivity contribution in [2.75, 3.05) is 32.8 Å². The molecule has 1 fully saturated rings. The van der Waals surface area contributed by atoms with E-state index in [2.05, 4.69) is 15.5 Å². The van der Waals surface area contributed by atoms with Gasteiger partial charge in [0.1, 0.15) is 5.56 Å². The van der Waals surface area contributed by atoms with Gasteiger partial charge in [0.2, 0.25) is 0 Å². The molecular weight excluding hydrogens is 320 g/mol. The first-order chi connectivity index (χ1) is 9.57. The van der Waals surface area contributed by atoms with Gasteiger partial charge in [0.05, 0.1) is 12.8 Å². The lowest BCUT2D eigenvalue weighted by Crippen LogP contribution is -2.35. The lowest BCUT2D eigenvalue weighted by atomic mass is 10.4. The van der Waals surface area contributed by atoms with Crippen molar-refractivity contribution in [3.63, 3.8) is 0 Å². The summed E-state index contributed by atoms with van der Waals surface area (Å²) in [5, 5.41) is 9.00. The maximum absolute atomic E-state index is 12.5. The normalized spacial score (nSPS) is 16.8. The number of aromatic nitrogens is 2. The molecule has 21 heavy (non-hydrogen) atoms. The summed E-state index contributed by atoms with van der Waals surface area (Å²) in [6.45, 7) is 3.98. The molecule has 0 aromatic carbocycles. The van der Waals surface area contributed by atoms with Gasteiger partial charge >= 0.3 is 5.97 Å². The zero-order valence-electron chi connectivity index (χ0n) is 11.7. The first-order valence-electron chi connectivity index (χ1n) is 6.48. The molecule has 0 aliphatic carbocycles. The van der Waals surface area contributed by atoms with Crippen LogP contribution in [-0.4, -0.2) is 61.7 Å². The van der Waals surface area contributed by atoms with Crippen molar-refractivity contribution in [1.82, 2.24) is 19.8 Å². The number of hydrogen-bond donors (Lipinski definition) is 2. The number of aromatic amines is 1. The van der Waals surface area contributed by atoms with Gasteiger partial charge in [-0.25, -0.2) is 13.2 Å². The van der Waals surface area contributed by atoms with Gasteiger partial charge in [0, 0.05) is 19.6 Å². The quantitative estimate of drug-likeness (QED) is 0.748. The first-order valence-corrected chi connectivity index (χ1v) is 7.92. The summed E-state index contributed by atoms with van der Waals surface area (Å²) < 4.78 is 31.3. The molecule has 0 radical (unpaired) electrons. The second kappa shape index (κ2) is 7.74. The van der Waals surface area contributed by atoms with Crippen molar-refractivity contribution in [3.05, 3.63) is 11.8 Å². The number of nitrogens with zero attached hydrogens (tertiary/aromatic N) is 2. The van der Waals surface area contributed by atoms with Crippen molar-refractivity contribution in [2.24, 2.45) is 0 Å². The van der Waals surface area contributed by atoms with E-state index in [1.54, 1.807) is 6.92 Å². The molecule has 8 nitrogen and oxygen atoms in total. The van der Waals surface area contributed by atoms with E-state index in [0.29, 0.717) is 19.6 Å². The van der Waals surface area contributed by atoms with Crippen LogP contribution in [0.3, 0.4) is 0 Å². The monoisotopic (exact) mass is 338 g/mol. The van der Waals surface area contributed by atoms with E-state index in [0.717, 1.165) is 13.0 Å². The number of ether oxygens (including phenoxy) is 1. The third-order valence-electron chi connectivity index (χ3n) is 3.00. The molecule has 1 aliphatic heterocycles. The summed E-state index contributed by atoms with van der Waals surface area (Å²) in [4.78, 5) is 11.7. The van der Waals surface area contributed by atoms with E-state index in [1.165, 1.54) is 10.5 Å². The molecule has 10 heteroatoms. The van der Waals surface area contributed by atoms with Gasteiger partial charge in [-0.2, -0.15) is 9.40 Å². The average Bonchev–Trinajstić information content (AvgIpc) is 2.75. The Morgan fingerprint density at radius 1 is 1.43 bits per heavy atom. The summed E-state index contributed by atoms with van der Waals surface area (Å²) in [6, 6.07) is 0. The first kappa shape index (κ1) is 17.9. The highest BCUT2D eigenvalue weighted by Gasteiger charge is 2.31. The van der Waals surface area contributed by atoms with E-state index in [9.17, 15) is 13.2 Å². The van der Waals surface area contributed by atoms with Gasteiger partial charge in [0.15, 0.2) is 5.03 Å². The highest BCUT2D eigenvalue weighted by atomic mass is 35.5. The Balaban J connectivity index is 0.00000220. The number of esters is 1. The topological polar surface area (TPSA) is 104 Å². The fourth-order valence-corrected chi connectivity index (χ4v) is 3.56. The van der Waals surface area contributed by atoms with E-state index >= 15 is 0 Å². The fourth-order valence-electron chi connectivity index (χ4n) is 2.02. The van der Waals surface area contributed by atoms with Gasteiger partial charge in [-0.05, 0) is 19.9 Å². The number of sulfonamides is 1. The van der Waals surface area contributed by atoms with Crippen LogP contribution in [0.15, 0.2) is 11.2 Å². The average molecular weight is 339 g/mol. The highest BCUT2D eigenvalue weighted by molar-refractivity contribution is 7.89. The van der Waals surface area contributed by atoms with Crippen LogP contribution < -0.4 is 5.32 Å². The lowest BCUT2D eigenvalue weighted by Gasteiger charge is -2.18. The fraction of sp³-hybridized carbons (Fsp3) is 0.636. The SMILES string of the molecule is CCOC(=O)c1cn[nH]c1S(=O)(=O)N1CCCNCC1.Cl.